The maximum Gasteiger partial charge on any atom is 0.308 e. The van der Waals surface area contributed by atoms with Gasteiger partial charge in [-0.3, -0.25) is 9.59 Å². The monoisotopic (exact) mass is 332 g/mol. The molecule has 1 amide bonds. The number of amides is 1. The molecule has 122 valence electrons. The number of aromatic nitrogens is 1. The van der Waals surface area contributed by atoms with Gasteiger partial charge in [0.2, 0.25) is 0 Å². The highest BCUT2D eigenvalue weighted by atomic mass is 32.1. The number of fused-ring (bicyclic) bond motifs is 1. The molecular formula is C17H20N2O3S. The summed E-state index contributed by atoms with van der Waals surface area (Å²) < 4.78 is 0. The first-order chi connectivity index (χ1) is 10.9. The molecule has 1 N–H and O–H groups in total. The zero-order valence-electron chi connectivity index (χ0n) is 13.5. The Hall–Kier alpha value is -1.95. The molecule has 0 radical (unpaired) electrons. The van der Waals surface area contributed by atoms with Gasteiger partial charge in [-0.15, -0.1) is 11.3 Å². The van der Waals surface area contributed by atoms with Crippen LogP contribution in [0.4, 0.5) is 0 Å². The normalized spacial score (nSPS) is 21.6. The van der Waals surface area contributed by atoms with E-state index in [-0.39, 0.29) is 11.9 Å². The fourth-order valence-electron chi connectivity index (χ4n) is 3.45. The first-order valence-electron chi connectivity index (χ1n) is 7.80. The van der Waals surface area contributed by atoms with Crippen LogP contribution in [0.2, 0.25) is 0 Å². The van der Waals surface area contributed by atoms with Crippen molar-refractivity contribution in [1.82, 2.24) is 9.88 Å². The number of carboxylic acid groups (broad SMARTS) is 1. The molecule has 1 saturated heterocycles. The van der Waals surface area contributed by atoms with Crippen LogP contribution >= 0.6 is 11.3 Å². The molecule has 2 aromatic heterocycles. The second-order valence-corrected chi connectivity index (χ2v) is 7.19. The molecule has 0 bridgehead atoms. The second kappa shape index (κ2) is 5.92. The van der Waals surface area contributed by atoms with E-state index in [0.29, 0.717) is 17.8 Å². The number of hydrogen-bond donors (Lipinski definition) is 1. The Labute approximate surface area is 138 Å². The van der Waals surface area contributed by atoms with Gasteiger partial charge in [0, 0.05) is 24.2 Å². The summed E-state index contributed by atoms with van der Waals surface area (Å²) in [6, 6.07) is 1.66. The lowest BCUT2D eigenvalue weighted by atomic mass is 9.90. The van der Waals surface area contributed by atoms with Crippen LogP contribution < -0.4 is 0 Å². The lowest BCUT2D eigenvalue weighted by molar-refractivity contribution is -0.144. The Kier molecular flexibility index (Phi) is 4.10. The molecule has 0 aromatic carbocycles. The highest BCUT2D eigenvalue weighted by molar-refractivity contribution is 7.20. The van der Waals surface area contributed by atoms with Crippen LogP contribution in [-0.4, -0.2) is 39.5 Å². The molecule has 6 heteroatoms. The van der Waals surface area contributed by atoms with Gasteiger partial charge in [0.25, 0.3) is 5.91 Å². The van der Waals surface area contributed by atoms with Gasteiger partial charge >= 0.3 is 5.97 Å². The molecule has 1 aliphatic rings. The average Bonchev–Trinajstić information content (AvgIpc) is 2.85. The molecule has 1 fully saturated rings. The standard InChI is InChI=1S/C17H20N2O3S/c1-9-6-7-18-15-13(9)10(2)14(23-15)16(20)19-8-4-5-12(11(19)3)17(21)22/h6-7,11-12H,4-5,8H2,1-3H3,(H,21,22)/t11-,12-/m1/s1. The number of carboxylic acids is 1. The average molecular weight is 332 g/mol. The number of likely N-dealkylation sites (tertiary alicyclic amines) is 1. The summed E-state index contributed by atoms with van der Waals surface area (Å²) in [7, 11) is 0. The van der Waals surface area contributed by atoms with Crippen molar-refractivity contribution in [2.24, 2.45) is 5.92 Å². The zero-order valence-corrected chi connectivity index (χ0v) is 14.3. The zero-order chi connectivity index (χ0) is 16.7. The molecule has 2 aromatic rings. The third-order valence-electron chi connectivity index (χ3n) is 4.80. The van der Waals surface area contributed by atoms with Gasteiger partial charge < -0.3 is 10.0 Å². The quantitative estimate of drug-likeness (QED) is 0.916. The number of nitrogens with zero attached hydrogens (tertiary/aromatic N) is 2. The summed E-state index contributed by atoms with van der Waals surface area (Å²) in [5.41, 5.74) is 2.06. The second-order valence-electron chi connectivity index (χ2n) is 6.19. The summed E-state index contributed by atoms with van der Waals surface area (Å²) in [5.74, 6) is -1.37. The van der Waals surface area contributed by atoms with Crippen molar-refractivity contribution < 1.29 is 14.7 Å². The van der Waals surface area contributed by atoms with Gasteiger partial charge in [0.05, 0.1) is 10.8 Å². The van der Waals surface area contributed by atoms with Crippen LogP contribution in [0, 0.1) is 19.8 Å². The fourth-order valence-corrected chi connectivity index (χ4v) is 4.63. The Morgan fingerprint density at radius 1 is 1.39 bits per heavy atom. The van der Waals surface area contributed by atoms with E-state index >= 15 is 0 Å². The number of carbonyl (C=O) groups is 2. The molecule has 0 unspecified atom stereocenters. The van der Waals surface area contributed by atoms with Crippen LogP contribution in [-0.2, 0) is 4.79 Å². The SMILES string of the molecule is Cc1ccnc2sc(C(=O)N3CCC[C@@H](C(=O)O)[C@H]3C)c(C)c12. The predicted octanol–water partition coefficient (Wildman–Crippen LogP) is 3.24. The molecule has 3 heterocycles. The van der Waals surface area contributed by atoms with E-state index in [1.165, 1.54) is 11.3 Å². The van der Waals surface area contributed by atoms with Crippen LogP contribution in [0.5, 0.6) is 0 Å². The number of rotatable bonds is 2. The van der Waals surface area contributed by atoms with E-state index < -0.39 is 11.9 Å². The largest absolute Gasteiger partial charge is 0.481 e. The minimum absolute atomic E-state index is 0.0663. The number of aliphatic carboxylic acids is 1. The van der Waals surface area contributed by atoms with Crippen LogP contribution in [0.1, 0.15) is 40.6 Å². The van der Waals surface area contributed by atoms with Crippen molar-refractivity contribution in [3.63, 3.8) is 0 Å². The molecule has 1 aliphatic heterocycles. The maximum absolute atomic E-state index is 13.0. The van der Waals surface area contributed by atoms with Crippen molar-refractivity contribution in [3.05, 3.63) is 28.3 Å². The minimum atomic E-state index is -0.819. The van der Waals surface area contributed by atoms with E-state index in [1.54, 1.807) is 11.1 Å². The van der Waals surface area contributed by atoms with Gasteiger partial charge in [0.15, 0.2) is 0 Å². The van der Waals surface area contributed by atoms with Crippen LogP contribution in [0.25, 0.3) is 10.2 Å². The topological polar surface area (TPSA) is 70.5 Å². The Balaban J connectivity index is 1.99. The summed E-state index contributed by atoms with van der Waals surface area (Å²) in [4.78, 5) is 32.0. The number of carbonyl (C=O) groups excluding carboxylic acids is 1. The number of piperidine rings is 1. The maximum atomic E-state index is 13.0. The summed E-state index contributed by atoms with van der Waals surface area (Å²) in [6.45, 7) is 6.41. The summed E-state index contributed by atoms with van der Waals surface area (Å²) >= 11 is 1.40. The van der Waals surface area contributed by atoms with Crippen molar-refractivity contribution in [3.8, 4) is 0 Å². The highest BCUT2D eigenvalue weighted by Gasteiger charge is 2.36. The molecular weight excluding hydrogens is 312 g/mol. The number of pyridine rings is 1. The lowest BCUT2D eigenvalue weighted by Crippen LogP contribution is -2.49. The number of aryl methyl sites for hydroxylation is 2. The minimum Gasteiger partial charge on any atom is -0.481 e. The third kappa shape index (κ3) is 2.61. The van der Waals surface area contributed by atoms with Crippen molar-refractivity contribution in [2.75, 3.05) is 6.54 Å². The van der Waals surface area contributed by atoms with Crippen molar-refractivity contribution in [1.29, 1.82) is 0 Å². The molecule has 0 spiro atoms. The van der Waals surface area contributed by atoms with E-state index in [1.807, 2.05) is 26.8 Å². The van der Waals surface area contributed by atoms with Crippen molar-refractivity contribution >= 4 is 33.4 Å². The first-order valence-corrected chi connectivity index (χ1v) is 8.62. The van der Waals surface area contributed by atoms with Crippen molar-refractivity contribution in [2.45, 2.75) is 39.7 Å². The Morgan fingerprint density at radius 2 is 2.13 bits per heavy atom. The van der Waals surface area contributed by atoms with Gasteiger partial charge in [-0.25, -0.2) is 4.98 Å². The summed E-state index contributed by atoms with van der Waals surface area (Å²) in [6.07, 6.45) is 3.12. The molecule has 23 heavy (non-hydrogen) atoms. The Bertz CT molecular complexity index is 783. The van der Waals surface area contributed by atoms with E-state index in [0.717, 1.165) is 27.8 Å². The van der Waals surface area contributed by atoms with E-state index in [2.05, 4.69) is 4.98 Å². The fraction of sp³-hybridized carbons (Fsp3) is 0.471. The van der Waals surface area contributed by atoms with Crippen LogP contribution in [0.3, 0.4) is 0 Å². The molecule has 0 saturated carbocycles. The van der Waals surface area contributed by atoms with Gasteiger partial charge in [0.1, 0.15) is 4.83 Å². The molecule has 5 nitrogen and oxygen atoms in total. The smallest absolute Gasteiger partial charge is 0.308 e. The summed E-state index contributed by atoms with van der Waals surface area (Å²) in [5, 5.41) is 10.4. The Morgan fingerprint density at radius 3 is 2.78 bits per heavy atom. The van der Waals surface area contributed by atoms with Gasteiger partial charge in [-0.05, 0) is 50.8 Å². The van der Waals surface area contributed by atoms with Gasteiger partial charge in [-0.2, -0.15) is 0 Å². The molecule has 2 atom stereocenters. The van der Waals surface area contributed by atoms with Crippen LogP contribution in [0.15, 0.2) is 12.3 Å². The number of thiophene rings is 1. The third-order valence-corrected chi connectivity index (χ3v) is 5.99. The lowest BCUT2D eigenvalue weighted by Gasteiger charge is -2.37. The predicted molar refractivity (Wildman–Crippen MR) is 90.0 cm³/mol. The van der Waals surface area contributed by atoms with Gasteiger partial charge in [-0.1, -0.05) is 0 Å². The highest BCUT2D eigenvalue weighted by Crippen LogP contribution is 2.34. The number of hydrogen-bond acceptors (Lipinski definition) is 4. The first kappa shape index (κ1) is 15.9. The molecule has 3 rings (SSSR count). The molecule has 0 aliphatic carbocycles. The van der Waals surface area contributed by atoms with E-state index in [4.69, 9.17) is 0 Å². The van der Waals surface area contributed by atoms with E-state index in [9.17, 15) is 14.7 Å².